The monoisotopic (exact) mass is 367 g/mol. The highest BCUT2D eigenvalue weighted by Gasteiger charge is 2.70. The molecule has 0 radical (unpaired) electrons. The van der Waals surface area contributed by atoms with E-state index in [1.807, 2.05) is 0 Å². The maximum atomic E-state index is 13.1. The lowest BCUT2D eigenvalue weighted by Crippen LogP contribution is -2.70. The third-order valence-corrected chi connectivity index (χ3v) is 8.79. The summed E-state index contributed by atoms with van der Waals surface area (Å²) in [6.45, 7) is 2.25. The summed E-state index contributed by atoms with van der Waals surface area (Å²) >= 11 is 0. The molecule has 27 heavy (non-hydrogen) atoms. The number of ether oxygens (including phenoxy) is 1. The fourth-order valence-corrected chi connectivity index (χ4v) is 7.39. The summed E-state index contributed by atoms with van der Waals surface area (Å²) in [6.07, 6.45) is 6.67. The van der Waals surface area contributed by atoms with Crippen LogP contribution in [0.4, 0.5) is 0 Å². The van der Waals surface area contributed by atoms with Gasteiger partial charge in [0, 0.05) is 35.8 Å². The van der Waals surface area contributed by atoms with E-state index in [1.165, 1.54) is 30.5 Å². The molecule has 4 aliphatic carbocycles. The van der Waals surface area contributed by atoms with E-state index < -0.39 is 6.10 Å². The van der Waals surface area contributed by atoms with Gasteiger partial charge in [-0.3, -0.25) is 9.69 Å². The fourth-order valence-electron chi connectivity index (χ4n) is 7.39. The molecule has 0 aromatic heterocycles. The molecular formula is C23H29NO3. The van der Waals surface area contributed by atoms with Crippen molar-refractivity contribution < 1.29 is 14.6 Å². The molecular weight excluding hydrogens is 338 g/mol. The molecule has 5 aliphatic rings. The summed E-state index contributed by atoms with van der Waals surface area (Å²) in [4.78, 5) is 15.8. The van der Waals surface area contributed by atoms with Crippen LogP contribution >= 0.6 is 0 Å². The van der Waals surface area contributed by atoms with Gasteiger partial charge in [-0.1, -0.05) is 6.07 Å². The Labute approximate surface area is 160 Å². The number of benzene rings is 1. The first-order chi connectivity index (χ1) is 13.1. The first-order valence-corrected chi connectivity index (χ1v) is 10.7. The number of nitrogens with zero attached hydrogens (tertiary/aromatic N) is 1. The highest BCUT2D eigenvalue weighted by molar-refractivity contribution is 5.86. The smallest absolute Gasteiger partial charge is 0.139 e. The zero-order chi connectivity index (χ0) is 18.4. The van der Waals surface area contributed by atoms with Crippen molar-refractivity contribution in [2.75, 3.05) is 20.2 Å². The van der Waals surface area contributed by atoms with Gasteiger partial charge in [0.1, 0.15) is 11.5 Å². The Hall–Kier alpha value is -1.39. The van der Waals surface area contributed by atoms with Crippen LogP contribution in [0, 0.1) is 17.3 Å². The van der Waals surface area contributed by atoms with Crippen LogP contribution in [-0.4, -0.2) is 48.1 Å². The van der Waals surface area contributed by atoms with E-state index in [0.717, 1.165) is 43.9 Å². The van der Waals surface area contributed by atoms with Crippen molar-refractivity contribution in [1.82, 2.24) is 4.90 Å². The van der Waals surface area contributed by atoms with E-state index in [9.17, 15) is 9.90 Å². The first kappa shape index (κ1) is 16.6. The Morgan fingerprint density at radius 1 is 1.30 bits per heavy atom. The predicted octanol–water partition coefficient (Wildman–Crippen LogP) is 2.70. The SMILES string of the molecule is COc1ccc2c(c1)[C@]13CCN(CC4CC4)[C@@H]4C[C@@H](O)[C@@H](C[C@]41C2)C(=O)C3. The van der Waals surface area contributed by atoms with Crippen molar-refractivity contribution in [3.05, 3.63) is 29.3 Å². The van der Waals surface area contributed by atoms with Gasteiger partial charge in [0.05, 0.1) is 13.2 Å². The van der Waals surface area contributed by atoms with Crippen LogP contribution in [0.25, 0.3) is 0 Å². The van der Waals surface area contributed by atoms with Gasteiger partial charge in [-0.25, -0.2) is 0 Å². The van der Waals surface area contributed by atoms with Crippen LogP contribution < -0.4 is 4.74 Å². The minimum absolute atomic E-state index is 0.0463. The second kappa shape index (κ2) is 5.36. The van der Waals surface area contributed by atoms with Gasteiger partial charge in [0.25, 0.3) is 0 Å². The van der Waals surface area contributed by atoms with Crippen LogP contribution in [0.3, 0.4) is 0 Å². The van der Waals surface area contributed by atoms with Gasteiger partial charge >= 0.3 is 0 Å². The van der Waals surface area contributed by atoms with Gasteiger partial charge in [0.2, 0.25) is 0 Å². The summed E-state index contributed by atoms with van der Waals surface area (Å²) in [5, 5.41) is 10.8. The van der Waals surface area contributed by atoms with Gasteiger partial charge < -0.3 is 9.84 Å². The molecule has 2 bridgehead atoms. The molecule has 1 aliphatic heterocycles. The van der Waals surface area contributed by atoms with E-state index in [4.69, 9.17) is 4.74 Å². The molecule has 144 valence electrons. The number of ketones is 1. The van der Waals surface area contributed by atoms with E-state index >= 15 is 0 Å². The first-order valence-electron chi connectivity index (χ1n) is 10.7. The second-order valence-electron chi connectivity index (χ2n) is 9.90. The van der Waals surface area contributed by atoms with Gasteiger partial charge in [0.15, 0.2) is 0 Å². The number of rotatable bonds is 3. The molecule has 1 spiro atoms. The standard InChI is InChI=1S/C23H29NO3/c1-27-16-5-4-15-10-23-11-17-19(25)9-21(23)24(13-14-2-3-14)7-6-22(23,12-20(17)26)18(15)8-16/h4-5,8,14,17,19,21,25H,2-3,6-7,9-13H2,1H3/t17-,19-,21-,22-,23-/m1/s1. The quantitative estimate of drug-likeness (QED) is 0.892. The summed E-state index contributed by atoms with van der Waals surface area (Å²) in [5.41, 5.74) is 2.86. The van der Waals surface area contributed by atoms with Gasteiger partial charge in [-0.2, -0.15) is 0 Å². The van der Waals surface area contributed by atoms with E-state index in [0.29, 0.717) is 18.2 Å². The lowest BCUT2D eigenvalue weighted by atomic mass is 9.44. The number of fused-ring (bicyclic) bond motifs is 2. The van der Waals surface area contributed by atoms with E-state index in [2.05, 4.69) is 23.1 Å². The Balaban J connectivity index is 1.50. The summed E-state index contributed by atoms with van der Waals surface area (Å²) in [6, 6.07) is 6.94. The highest BCUT2D eigenvalue weighted by Crippen LogP contribution is 2.68. The Morgan fingerprint density at radius 3 is 2.93 bits per heavy atom. The van der Waals surface area contributed by atoms with Gasteiger partial charge in [-0.05, 0) is 74.2 Å². The molecule has 1 aromatic carbocycles. The normalized spacial score (nSPS) is 42.6. The van der Waals surface area contributed by atoms with Crippen LogP contribution in [0.15, 0.2) is 18.2 Å². The molecule has 4 fully saturated rings. The van der Waals surface area contributed by atoms with E-state index in [1.54, 1.807) is 7.11 Å². The predicted molar refractivity (Wildman–Crippen MR) is 102 cm³/mol. The maximum Gasteiger partial charge on any atom is 0.139 e. The summed E-state index contributed by atoms with van der Waals surface area (Å²) < 4.78 is 5.55. The third kappa shape index (κ3) is 2.04. The zero-order valence-corrected chi connectivity index (χ0v) is 16.1. The third-order valence-electron chi connectivity index (χ3n) is 8.79. The lowest BCUT2D eigenvalue weighted by Gasteiger charge is -2.65. The average molecular weight is 367 g/mol. The Bertz CT molecular complexity index is 818. The summed E-state index contributed by atoms with van der Waals surface area (Å²) in [5.74, 6) is 1.91. The number of aliphatic hydroxyl groups is 1. The van der Waals surface area contributed by atoms with Crippen LogP contribution in [-0.2, 0) is 16.6 Å². The molecule has 1 saturated heterocycles. The van der Waals surface area contributed by atoms with E-state index in [-0.39, 0.29) is 16.7 Å². The highest BCUT2D eigenvalue weighted by atomic mass is 16.5. The molecule has 4 nitrogen and oxygen atoms in total. The van der Waals surface area contributed by atoms with Crippen molar-refractivity contribution in [3.8, 4) is 5.75 Å². The molecule has 0 unspecified atom stereocenters. The van der Waals surface area contributed by atoms with Crippen molar-refractivity contribution in [1.29, 1.82) is 0 Å². The van der Waals surface area contributed by atoms with Crippen LogP contribution in [0.1, 0.15) is 49.7 Å². The molecule has 1 aromatic rings. The van der Waals surface area contributed by atoms with Crippen LogP contribution in [0.2, 0.25) is 0 Å². The number of Topliss-reactive ketones (excluding diaryl/α,β-unsaturated/α-hetero) is 1. The molecule has 3 saturated carbocycles. The minimum Gasteiger partial charge on any atom is -0.497 e. The van der Waals surface area contributed by atoms with Gasteiger partial charge in [-0.15, -0.1) is 0 Å². The number of carbonyl (C=O) groups is 1. The number of hydrogen-bond donors (Lipinski definition) is 1. The number of piperidine rings is 1. The molecule has 5 atom stereocenters. The van der Waals surface area contributed by atoms with Crippen molar-refractivity contribution in [2.24, 2.45) is 17.3 Å². The number of carbonyl (C=O) groups excluding carboxylic acids is 1. The number of aliphatic hydroxyl groups excluding tert-OH is 1. The lowest BCUT2D eigenvalue weighted by molar-refractivity contribution is -0.169. The molecule has 1 N–H and O–H groups in total. The average Bonchev–Trinajstić information content (AvgIpc) is 3.43. The van der Waals surface area contributed by atoms with Crippen molar-refractivity contribution in [3.63, 3.8) is 0 Å². The zero-order valence-electron chi connectivity index (χ0n) is 16.1. The van der Waals surface area contributed by atoms with Crippen molar-refractivity contribution >= 4 is 5.78 Å². The number of hydrogen-bond acceptors (Lipinski definition) is 4. The minimum atomic E-state index is -0.454. The molecule has 1 heterocycles. The molecule has 0 amide bonds. The fraction of sp³-hybridized carbons (Fsp3) is 0.696. The Kier molecular flexibility index (Phi) is 3.28. The number of methoxy groups -OCH3 is 1. The second-order valence-corrected chi connectivity index (χ2v) is 9.90. The molecule has 4 heteroatoms. The van der Waals surface area contributed by atoms with Crippen molar-refractivity contribution in [2.45, 2.75) is 62.5 Å². The maximum absolute atomic E-state index is 13.1. The Morgan fingerprint density at radius 2 is 2.15 bits per heavy atom. The molecule has 6 rings (SSSR count). The number of likely N-dealkylation sites (tertiary alicyclic amines) is 1. The largest absolute Gasteiger partial charge is 0.497 e. The topological polar surface area (TPSA) is 49.8 Å². The summed E-state index contributed by atoms with van der Waals surface area (Å²) in [7, 11) is 1.73. The van der Waals surface area contributed by atoms with Crippen LogP contribution in [0.5, 0.6) is 5.75 Å².